The van der Waals surface area contributed by atoms with Crippen LogP contribution in [-0.4, -0.2) is 60.0 Å². The number of carbonyl (C=O) groups excluding carboxylic acids is 1. The maximum absolute atomic E-state index is 11.8. The zero-order valence-corrected chi connectivity index (χ0v) is 10.6. The molecule has 0 aliphatic carbocycles. The third-order valence-electron chi connectivity index (χ3n) is 3.18. The van der Waals surface area contributed by atoms with E-state index >= 15 is 0 Å². The van der Waals surface area contributed by atoms with E-state index in [0.29, 0.717) is 26.1 Å². The van der Waals surface area contributed by atoms with Gasteiger partial charge in [0, 0.05) is 26.6 Å². The van der Waals surface area contributed by atoms with Gasteiger partial charge >= 0.3 is 5.97 Å². The van der Waals surface area contributed by atoms with Gasteiger partial charge < -0.3 is 10.0 Å². The molecular formula is C12H19N3O3. The van der Waals surface area contributed by atoms with Crippen LogP contribution < -0.4 is 0 Å². The van der Waals surface area contributed by atoms with E-state index in [0.717, 1.165) is 13.0 Å². The molecule has 1 amide bonds. The van der Waals surface area contributed by atoms with Gasteiger partial charge in [0.05, 0.1) is 19.0 Å². The average Bonchev–Trinajstić information content (AvgIpc) is 2.72. The van der Waals surface area contributed by atoms with E-state index in [1.54, 1.807) is 11.9 Å². The SMILES string of the molecule is CN(CCC#N)C(=O)CN1CCC(CC(=O)O)C1. The average molecular weight is 253 g/mol. The first-order valence-electron chi connectivity index (χ1n) is 6.08. The van der Waals surface area contributed by atoms with Gasteiger partial charge in [0.25, 0.3) is 0 Å². The summed E-state index contributed by atoms with van der Waals surface area (Å²) in [5, 5.41) is 17.1. The summed E-state index contributed by atoms with van der Waals surface area (Å²) in [6.45, 7) is 2.21. The van der Waals surface area contributed by atoms with Crippen LogP contribution in [0.3, 0.4) is 0 Å². The summed E-state index contributed by atoms with van der Waals surface area (Å²) in [7, 11) is 1.68. The number of likely N-dealkylation sites (N-methyl/N-ethyl adjacent to an activating group) is 1. The van der Waals surface area contributed by atoms with Gasteiger partial charge in [0.1, 0.15) is 0 Å². The number of amides is 1. The van der Waals surface area contributed by atoms with Crippen molar-refractivity contribution < 1.29 is 14.7 Å². The van der Waals surface area contributed by atoms with Crippen LogP contribution in [0.25, 0.3) is 0 Å². The van der Waals surface area contributed by atoms with Crippen LogP contribution in [-0.2, 0) is 9.59 Å². The number of likely N-dealkylation sites (tertiary alicyclic amines) is 1. The number of aliphatic carboxylic acids is 1. The molecule has 0 radical (unpaired) electrons. The number of carbonyl (C=O) groups is 2. The molecule has 1 saturated heterocycles. The van der Waals surface area contributed by atoms with Crippen molar-refractivity contribution in [3.8, 4) is 6.07 Å². The van der Waals surface area contributed by atoms with Crippen LogP contribution >= 0.6 is 0 Å². The lowest BCUT2D eigenvalue weighted by Crippen LogP contribution is -2.37. The first-order chi connectivity index (χ1) is 8.52. The molecule has 1 atom stereocenters. The second-order valence-corrected chi connectivity index (χ2v) is 4.71. The highest BCUT2D eigenvalue weighted by Crippen LogP contribution is 2.19. The smallest absolute Gasteiger partial charge is 0.303 e. The maximum atomic E-state index is 11.8. The Morgan fingerprint density at radius 2 is 2.28 bits per heavy atom. The van der Waals surface area contributed by atoms with Crippen LogP contribution in [0.4, 0.5) is 0 Å². The molecule has 0 aromatic carbocycles. The maximum Gasteiger partial charge on any atom is 0.303 e. The highest BCUT2D eigenvalue weighted by molar-refractivity contribution is 5.78. The Kier molecular flexibility index (Phi) is 5.59. The molecule has 18 heavy (non-hydrogen) atoms. The van der Waals surface area contributed by atoms with Crippen molar-refractivity contribution in [3.05, 3.63) is 0 Å². The lowest BCUT2D eigenvalue weighted by molar-refractivity contribution is -0.138. The highest BCUT2D eigenvalue weighted by Gasteiger charge is 2.26. The van der Waals surface area contributed by atoms with E-state index in [4.69, 9.17) is 10.4 Å². The molecule has 6 heteroatoms. The molecule has 1 rings (SSSR count). The second-order valence-electron chi connectivity index (χ2n) is 4.71. The van der Waals surface area contributed by atoms with E-state index in [1.807, 2.05) is 11.0 Å². The fourth-order valence-corrected chi connectivity index (χ4v) is 2.12. The lowest BCUT2D eigenvalue weighted by atomic mass is 10.1. The summed E-state index contributed by atoms with van der Waals surface area (Å²) in [5.41, 5.74) is 0. The Bertz CT molecular complexity index is 351. The van der Waals surface area contributed by atoms with Gasteiger partial charge in [0.2, 0.25) is 5.91 Å². The number of carboxylic acid groups (broad SMARTS) is 1. The van der Waals surface area contributed by atoms with E-state index in [9.17, 15) is 9.59 Å². The predicted molar refractivity (Wildman–Crippen MR) is 64.7 cm³/mol. The van der Waals surface area contributed by atoms with Crippen molar-refractivity contribution in [3.63, 3.8) is 0 Å². The molecule has 1 fully saturated rings. The molecule has 1 unspecified atom stereocenters. The molecule has 0 saturated carbocycles. The van der Waals surface area contributed by atoms with Crippen LogP contribution in [0.5, 0.6) is 0 Å². The standard InChI is InChI=1S/C12H19N3O3/c1-14(5-2-4-13)11(16)9-15-6-3-10(8-15)7-12(17)18/h10H,2-3,5-9H2,1H3,(H,17,18). The van der Waals surface area contributed by atoms with Crippen molar-refractivity contribution in [1.82, 2.24) is 9.80 Å². The van der Waals surface area contributed by atoms with Crippen molar-refractivity contribution in [2.24, 2.45) is 5.92 Å². The summed E-state index contributed by atoms with van der Waals surface area (Å²) in [6, 6.07) is 2.00. The van der Waals surface area contributed by atoms with E-state index in [2.05, 4.69) is 0 Å². The molecule has 0 bridgehead atoms. The molecule has 1 aliphatic rings. The van der Waals surface area contributed by atoms with Gasteiger partial charge in [-0.2, -0.15) is 5.26 Å². The minimum absolute atomic E-state index is 0.0128. The topological polar surface area (TPSA) is 84.6 Å². The molecule has 0 aromatic rings. The Hall–Kier alpha value is -1.61. The molecule has 1 N–H and O–H groups in total. The monoisotopic (exact) mass is 253 g/mol. The van der Waals surface area contributed by atoms with Gasteiger partial charge in [-0.05, 0) is 18.9 Å². The summed E-state index contributed by atoms with van der Waals surface area (Å²) < 4.78 is 0. The Labute approximate surface area is 107 Å². The molecule has 100 valence electrons. The number of hydrogen-bond acceptors (Lipinski definition) is 4. The Balaban J connectivity index is 2.29. The van der Waals surface area contributed by atoms with Crippen LogP contribution in [0.1, 0.15) is 19.3 Å². The van der Waals surface area contributed by atoms with Crippen molar-refractivity contribution in [2.45, 2.75) is 19.3 Å². The number of rotatable bonds is 6. The van der Waals surface area contributed by atoms with Gasteiger partial charge in [-0.3, -0.25) is 14.5 Å². The number of nitriles is 1. The zero-order chi connectivity index (χ0) is 13.5. The lowest BCUT2D eigenvalue weighted by Gasteiger charge is -2.20. The third kappa shape index (κ3) is 4.72. The first-order valence-corrected chi connectivity index (χ1v) is 6.08. The molecule has 0 spiro atoms. The summed E-state index contributed by atoms with van der Waals surface area (Å²) in [6.07, 6.45) is 1.35. The molecule has 1 aliphatic heterocycles. The largest absolute Gasteiger partial charge is 0.481 e. The van der Waals surface area contributed by atoms with Gasteiger partial charge in [-0.25, -0.2) is 0 Å². The third-order valence-corrected chi connectivity index (χ3v) is 3.18. The Morgan fingerprint density at radius 3 is 2.89 bits per heavy atom. The minimum Gasteiger partial charge on any atom is -0.481 e. The number of hydrogen-bond donors (Lipinski definition) is 1. The number of nitrogens with zero attached hydrogens (tertiary/aromatic N) is 3. The normalized spacial score (nSPS) is 19.4. The minimum atomic E-state index is -0.778. The van der Waals surface area contributed by atoms with Gasteiger partial charge in [-0.1, -0.05) is 0 Å². The van der Waals surface area contributed by atoms with E-state index < -0.39 is 5.97 Å². The molecule has 1 heterocycles. The van der Waals surface area contributed by atoms with Gasteiger partial charge in [-0.15, -0.1) is 0 Å². The predicted octanol–water partition coefficient (Wildman–Crippen LogP) is 0.155. The molecule has 0 aromatic heterocycles. The van der Waals surface area contributed by atoms with Crippen LogP contribution in [0, 0.1) is 17.2 Å². The van der Waals surface area contributed by atoms with Crippen LogP contribution in [0.2, 0.25) is 0 Å². The van der Waals surface area contributed by atoms with Crippen molar-refractivity contribution >= 4 is 11.9 Å². The highest BCUT2D eigenvalue weighted by atomic mass is 16.4. The summed E-state index contributed by atoms with van der Waals surface area (Å²) in [5.74, 6) is -0.639. The number of carboxylic acids is 1. The fraction of sp³-hybridized carbons (Fsp3) is 0.750. The molecular weight excluding hydrogens is 234 g/mol. The quantitative estimate of drug-likeness (QED) is 0.728. The fourth-order valence-electron chi connectivity index (χ4n) is 2.12. The summed E-state index contributed by atoms with van der Waals surface area (Å²) >= 11 is 0. The summed E-state index contributed by atoms with van der Waals surface area (Å²) in [4.78, 5) is 25.9. The van der Waals surface area contributed by atoms with Crippen molar-refractivity contribution in [2.75, 3.05) is 33.2 Å². The van der Waals surface area contributed by atoms with Gasteiger partial charge in [0.15, 0.2) is 0 Å². The second kappa shape index (κ2) is 6.97. The van der Waals surface area contributed by atoms with E-state index in [-0.39, 0.29) is 18.2 Å². The first kappa shape index (κ1) is 14.5. The van der Waals surface area contributed by atoms with E-state index in [1.165, 1.54) is 0 Å². The molecule has 6 nitrogen and oxygen atoms in total. The zero-order valence-electron chi connectivity index (χ0n) is 10.6. The Morgan fingerprint density at radius 1 is 1.56 bits per heavy atom. The van der Waals surface area contributed by atoms with Crippen molar-refractivity contribution in [1.29, 1.82) is 5.26 Å². The van der Waals surface area contributed by atoms with Crippen LogP contribution in [0.15, 0.2) is 0 Å².